The van der Waals surface area contributed by atoms with Gasteiger partial charge < -0.3 is 14.9 Å². The lowest BCUT2D eigenvalue weighted by Crippen LogP contribution is -2.50. The molecule has 8 heteroatoms. The highest BCUT2D eigenvalue weighted by Crippen LogP contribution is 2.19. The zero-order chi connectivity index (χ0) is 14.5. The molecule has 1 saturated heterocycles. The maximum Gasteiger partial charge on any atom is 0.322 e. The third-order valence-corrected chi connectivity index (χ3v) is 3.51. The first kappa shape index (κ1) is 14.9. The van der Waals surface area contributed by atoms with Crippen LogP contribution in [0.1, 0.15) is 18.7 Å². The highest BCUT2D eigenvalue weighted by Gasteiger charge is 2.28. The minimum atomic E-state index is -0.178. The molecule has 8 nitrogen and oxygen atoms in total. The van der Waals surface area contributed by atoms with Gasteiger partial charge in [0, 0.05) is 33.2 Å². The van der Waals surface area contributed by atoms with Crippen LogP contribution in [0.25, 0.3) is 0 Å². The van der Waals surface area contributed by atoms with E-state index in [2.05, 4.69) is 20.4 Å². The van der Waals surface area contributed by atoms with Crippen molar-refractivity contribution in [3.8, 4) is 0 Å². The summed E-state index contributed by atoms with van der Waals surface area (Å²) < 4.78 is 10.5. The molecule has 112 valence electrons. The van der Waals surface area contributed by atoms with Crippen molar-refractivity contribution in [3.63, 3.8) is 0 Å². The number of amides is 1. The summed E-state index contributed by atoms with van der Waals surface area (Å²) in [6, 6.07) is 0.285. The fourth-order valence-corrected chi connectivity index (χ4v) is 2.42. The van der Waals surface area contributed by atoms with Gasteiger partial charge in [0.2, 0.25) is 11.8 Å². The van der Waals surface area contributed by atoms with Gasteiger partial charge in [0.25, 0.3) is 0 Å². The number of carbonyl (C=O) groups excluding carboxylic acids is 1. The predicted molar refractivity (Wildman–Crippen MR) is 72.1 cm³/mol. The van der Waals surface area contributed by atoms with Gasteiger partial charge in [-0.3, -0.25) is 15.0 Å². The van der Waals surface area contributed by atoms with Crippen LogP contribution in [0.2, 0.25) is 0 Å². The molecule has 2 atom stereocenters. The van der Waals surface area contributed by atoms with Gasteiger partial charge in [-0.25, -0.2) is 0 Å². The number of anilines is 1. The second-order valence-electron chi connectivity index (χ2n) is 4.92. The summed E-state index contributed by atoms with van der Waals surface area (Å²) in [5.41, 5.74) is 5.77. The molecule has 2 unspecified atom stereocenters. The molecule has 1 amide bonds. The van der Waals surface area contributed by atoms with E-state index >= 15 is 0 Å². The van der Waals surface area contributed by atoms with Crippen LogP contribution in [0.15, 0.2) is 4.42 Å². The molecular weight excluding hydrogens is 262 g/mol. The summed E-state index contributed by atoms with van der Waals surface area (Å²) in [7, 11) is 1.71. The topological polar surface area (TPSA) is 107 Å². The lowest BCUT2D eigenvalue weighted by atomic mass is 9.99. The number of rotatable bonds is 5. The molecule has 1 aliphatic rings. The number of likely N-dealkylation sites (tertiary alicyclic amines) is 1. The number of hydrogen-bond donors (Lipinski definition) is 2. The van der Waals surface area contributed by atoms with E-state index in [4.69, 9.17) is 14.9 Å². The molecule has 0 aromatic carbocycles. The number of hydrogen-bond acceptors (Lipinski definition) is 7. The first-order valence-corrected chi connectivity index (χ1v) is 6.69. The zero-order valence-corrected chi connectivity index (χ0v) is 11.8. The standard InChI is InChI=1S/C12H21N5O3/c1-8-15-16-12(20-8)14-11(18)7-17-4-3-10(19-2)5-9(17)6-13/h9-10H,3-7,13H2,1-2H3,(H,14,16,18). The molecule has 1 aromatic heterocycles. The maximum atomic E-state index is 11.9. The van der Waals surface area contributed by atoms with Crippen LogP contribution < -0.4 is 11.1 Å². The van der Waals surface area contributed by atoms with Gasteiger partial charge in [-0.15, -0.1) is 5.10 Å². The maximum absolute atomic E-state index is 11.9. The second-order valence-corrected chi connectivity index (χ2v) is 4.92. The van der Waals surface area contributed by atoms with Crippen molar-refractivity contribution >= 4 is 11.9 Å². The number of methoxy groups -OCH3 is 1. The highest BCUT2D eigenvalue weighted by molar-refractivity contribution is 5.90. The molecule has 1 aromatic rings. The summed E-state index contributed by atoms with van der Waals surface area (Å²) >= 11 is 0. The summed E-state index contributed by atoms with van der Waals surface area (Å²) in [5.74, 6) is 0.240. The molecule has 0 spiro atoms. The van der Waals surface area contributed by atoms with Gasteiger partial charge >= 0.3 is 6.01 Å². The van der Waals surface area contributed by atoms with E-state index in [1.54, 1.807) is 14.0 Å². The third kappa shape index (κ3) is 3.75. The molecule has 2 heterocycles. The Morgan fingerprint density at radius 2 is 2.40 bits per heavy atom. The first-order chi connectivity index (χ1) is 9.62. The predicted octanol–water partition coefficient (Wildman–Crippen LogP) is -0.245. The SMILES string of the molecule is COC1CCN(CC(=O)Nc2nnc(C)o2)C(CN)C1. The zero-order valence-electron chi connectivity index (χ0n) is 11.8. The summed E-state index contributed by atoms with van der Waals surface area (Å²) in [6.45, 7) is 3.23. The van der Waals surface area contributed by atoms with E-state index < -0.39 is 0 Å². The third-order valence-electron chi connectivity index (χ3n) is 3.51. The van der Waals surface area contributed by atoms with Crippen LogP contribution in [-0.2, 0) is 9.53 Å². The summed E-state index contributed by atoms with van der Waals surface area (Å²) in [4.78, 5) is 14.0. The Balaban J connectivity index is 1.86. The second kappa shape index (κ2) is 6.78. The van der Waals surface area contributed by atoms with Gasteiger partial charge in [-0.2, -0.15) is 0 Å². The quantitative estimate of drug-likeness (QED) is 0.767. The highest BCUT2D eigenvalue weighted by atomic mass is 16.5. The minimum Gasteiger partial charge on any atom is -0.408 e. The van der Waals surface area contributed by atoms with E-state index in [1.165, 1.54) is 0 Å². The van der Waals surface area contributed by atoms with Crippen molar-refractivity contribution < 1.29 is 13.9 Å². The van der Waals surface area contributed by atoms with Crippen LogP contribution in [0.4, 0.5) is 6.01 Å². The number of nitrogens with zero attached hydrogens (tertiary/aromatic N) is 3. The van der Waals surface area contributed by atoms with E-state index in [9.17, 15) is 4.79 Å². The molecule has 2 rings (SSSR count). The van der Waals surface area contributed by atoms with Gasteiger partial charge in [0.15, 0.2) is 0 Å². The van der Waals surface area contributed by atoms with Crippen LogP contribution >= 0.6 is 0 Å². The van der Waals surface area contributed by atoms with Crippen molar-refractivity contribution in [3.05, 3.63) is 5.89 Å². The van der Waals surface area contributed by atoms with E-state index in [0.717, 1.165) is 19.4 Å². The molecular formula is C12H21N5O3. The van der Waals surface area contributed by atoms with Gasteiger partial charge in [0.1, 0.15) is 0 Å². The van der Waals surface area contributed by atoms with E-state index in [-0.39, 0.29) is 30.6 Å². The Bertz CT molecular complexity index is 450. The average Bonchev–Trinajstić information content (AvgIpc) is 2.84. The van der Waals surface area contributed by atoms with Crippen LogP contribution in [0.5, 0.6) is 0 Å². The monoisotopic (exact) mass is 283 g/mol. The Labute approximate surface area is 117 Å². The lowest BCUT2D eigenvalue weighted by molar-refractivity contribution is -0.119. The van der Waals surface area contributed by atoms with Crippen LogP contribution in [-0.4, -0.2) is 59.9 Å². The molecule has 0 saturated carbocycles. The van der Waals surface area contributed by atoms with Crippen molar-refractivity contribution in [2.75, 3.05) is 32.1 Å². The molecule has 20 heavy (non-hydrogen) atoms. The number of nitrogens with one attached hydrogen (secondary N) is 1. The molecule has 3 N–H and O–H groups in total. The van der Waals surface area contributed by atoms with Gasteiger partial charge in [-0.05, 0) is 12.8 Å². The molecule has 0 aliphatic carbocycles. The number of aryl methyl sites for hydroxylation is 1. The molecule has 1 fully saturated rings. The van der Waals surface area contributed by atoms with Crippen molar-refractivity contribution in [2.45, 2.75) is 31.9 Å². The molecule has 1 aliphatic heterocycles. The van der Waals surface area contributed by atoms with Crippen molar-refractivity contribution in [1.82, 2.24) is 15.1 Å². The number of aromatic nitrogens is 2. The fraction of sp³-hybridized carbons (Fsp3) is 0.750. The molecule has 0 radical (unpaired) electrons. The Hall–Kier alpha value is -1.51. The lowest BCUT2D eigenvalue weighted by Gasteiger charge is -2.37. The smallest absolute Gasteiger partial charge is 0.322 e. The van der Waals surface area contributed by atoms with Crippen LogP contribution in [0.3, 0.4) is 0 Å². The largest absolute Gasteiger partial charge is 0.408 e. The average molecular weight is 283 g/mol. The van der Waals surface area contributed by atoms with Gasteiger partial charge in [-0.1, -0.05) is 5.10 Å². The molecule has 0 bridgehead atoms. The number of ether oxygens (including phenoxy) is 1. The summed E-state index contributed by atoms with van der Waals surface area (Å²) in [5, 5.41) is 9.98. The van der Waals surface area contributed by atoms with Gasteiger partial charge in [0.05, 0.1) is 12.6 Å². The number of nitrogens with two attached hydrogens (primary N) is 1. The minimum absolute atomic E-state index is 0.128. The van der Waals surface area contributed by atoms with E-state index in [1.807, 2.05) is 0 Å². The van der Waals surface area contributed by atoms with Crippen molar-refractivity contribution in [2.24, 2.45) is 5.73 Å². The number of carbonyl (C=O) groups is 1. The Morgan fingerprint density at radius 3 is 3.00 bits per heavy atom. The fourth-order valence-electron chi connectivity index (χ4n) is 2.42. The summed E-state index contributed by atoms with van der Waals surface area (Å²) in [6.07, 6.45) is 1.97. The first-order valence-electron chi connectivity index (χ1n) is 6.69. The van der Waals surface area contributed by atoms with Crippen LogP contribution in [0, 0.1) is 6.92 Å². The number of piperidine rings is 1. The normalized spacial score (nSPS) is 23.8. The van der Waals surface area contributed by atoms with E-state index in [0.29, 0.717) is 12.4 Å². The van der Waals surface area contributed by atoms with Crippen molar-refractivity contribution in [1.29, 1.82) is 0 Å². The Morgan fingerprint density at radius 1 is 1.60 bits per heavy atom. The Kier molecular flexibility index (Phi) is 5.05.